The van der Waals surface area contributed by atoms with Gasteiger partial charge in [-0.3, -0.25) is 4.79 Å². The van der Waals surface area contributed by atoms with Crippen LogP contribution in [0.4, 0.5) is 0 Å². The second-order valence-electron chi connectivity index (χ2n) is 33.4. The van der Waals surface area contributed by atoms with Gasteiger partial charge in [-0.1, -0.05) is 380 Å². The molecule has 0 aliphatic carbocycles. The number of aliphatic hydroxyl groups is 11. The summed E-state index contributed by atoms with van der Waals surface area (Å²) in [5.41, 5.74) is 0. The molecule has 3 heterocycles. The maximum Gasteiger partial charge on any atom is 0.220 e. The average molecular weight is 1650 g/mol. The van der Waals surface area contributed by atoms with Gasteiger partial charge < -0.3 is 89.9 Å². The van der Waals surface area contributed by atoms with Gasteiger partial charge in [0.1, 0.15) is 73.2 Å². The van der Waals surface area contributed by atoms with E-state index in [1.807, 2.05) is 6.08 Å². The summed E-state index contributed by atoms with van der Waals surface area (Å²) in [6.45, 7) is 1.64. The highest BCUT2D eigenvalue weighted by atomic mass is 16.8. The van der Waals surface area contributed by atoms with Gasteiger partial charge >= 0.3 is 0 Å². The van der Waals surface area contributed by atoms with Crippen LogP contribution in [0.5, 0.6) is 0 Å². The lowest BCUT2D eigenvalue weighted by Crippen LogP contribution is -2.66. The Morgan fingerprint density at radius 1 is 0.316 bits per heavy atom. The lowest BCUT2D eigenvalue weighted by Gasteiger charge is -2.48. The Morgan fingerprint density at radius 3 is 0.957 bits per heavy atom. The Labute approximate surface area is 710 Å². The van der Waals surface area contributed by atoms with Crippen molar-refractivity contribution in [3.63, 3.8) is 0 Å². The number of carbonyl (C=O) groups excluding carboxylic acids is 1. The van der Waals surface area contributed by atoms with Gasteiger partial charge in [0.15, 0.2) is 18.9 Å². The zero-order valence-electron chi connectivity index (χ0n) is 73.4. The third kappa shape index (κ3) is 54.0. The molecule has 3 aliphatic heterocycles. The summed E-state index contributed by atoms with van der Waals surface area (Å²) in [6.07, 6.45) is 81.2. The van der Waals surface area contributed by atoms with Gasteiger partial charge in [0.25, 0.3) is 0 Å². The van der Waals surface area contributed by atoms with Gasteiger partial charge in [-0.05, 0) is 96.3 Å². The Kier molecular flexibility index (Phi) is 70.0. The van der Waals surface area contributed by atoms with Crippen LogP contribution in [0.3, 0.4) is 0 Å². The van der Waals surface area contributed by atoms with Crippen LogP contribution in [0.25, 0.3) is 0 Å². The summed E-state index contributed by atoms with van der Waals surface area (Å²) in [6, 6.07) is -1.00. The second-order valence-corrected chi connectivity index (χ2v) is 33.4. The molecule has 3 saturated heterocycles. The van der Waals surface area contributed by atoms with Gasteiger partial charge in [0.05, 0.1) is 38.6 Å². The zero-order chi connectivity index (χ0) is 84.5. The Hall–Kier alpha value is -3.55. The van der Waals surface area contributed by atoms with Gasteiger partial charge in [0, 0.05) is 6.42 Å². The number of hydrogen-bond donors (Lipinski definition) is 12. The molecule has 117 heavy (non-hydrogen) atoms. The lowest BCUT2D eigenvalue weighted by molar-refractivity contribution is -0.379. The van der Waals surface area contributed by atoms with Gasteiger partial charge in [-0.15, -0.1) is 0 Å². The highest BCUT2D eigenvalue weighted by Crippen LogP contribution is 2.34. The predicted molar refractivity (Wildman–Crippen MR) is 475 cm³/mol. The molecule has 3 fully saturated rings. The number of carbonyl (C=O) groups is 1. The molecular weight excluding hydrogens is 1480 g/mol. The van der Waals surface area contributed by atoms with Crippen molar-refractivity contribution in [3.05, 3.63) is 109 Å². The highest BCUT2D eigenvalue weighted by Gasteiger charge is 2.54. The third-order valence-corrected chi connectivity index (χ3v) is 23.0. The predicted octanol–water partition coefficient (Wildman–Crippen LogP) is 19.2. The summed E-state index contributed by atoms with van der Waals surface area (Å²) in [4.78, 5) is 13.5. The quantitative estimate of drug-likeness (QED) is 0.0199. The van der Waals surface area contributed by atoms with Crippen molar-refractivity contribution in [1.29, 1.82) is 0 Å². The average Bonchev–Trinajstić information content (AvgIpc) is 0.778. The number of unbranched alkanes of at least 4 members (excludes halogenated alkanes) is 45. The molecule has 0 aromatic rings. The molecular formula is C98H173NO18. The molecule has 0 radical (unpaired) electrons. The first-order chi connectivity index (χ1) is 57.3. The molecule has 0 aromatic heterocycles. The van der Waals surface area contributed by atoms with Crippen LogP contribution in [0.1, 0.15) is 373 Å². The fourth-order valence-corrected chi connectivity index (χ4v) is 15.5. The topological polar surface area (TPSA) is 307 Å². The molecule has 19 heteroatoms. The van der Waals surface area contributed by atoms with Gasteiger partial charge in [-0.2, -0.15) is 0 Å². The summed E-state index contributed by atoms with van der Waals surface area (Å²) >= 11 is 0. The summed E-state index contributed by atoms with van der Waals surface area (Å²) in [5, 5.41) is 121. The minimum absolute atomic E-state index is 0.231. The smallest absolute Gasteiger partial charge is 0.220 e. The van der Waals surface area contributed by atoms with E-state index in [0.29, 0.717) is 12.8 Å². The van der Waals surface area contributed by atoms with Crippen LogP contribution >= 0.6 is 0 Å². The number of hydrogen-bond acceptors (Lipinski definition) is 18. The van der Waals surface area contributed by atoms with Crippen molar-refractivity contribution in [1.82, 2.24) is 5.32 Å². The van der Waals surface area contributed by atoms with Crippen LogP contribution in [-0.2, 0) is 33.2 Å². The van der Waals surface area contributed by atoms with Crippen molar-refractivity contribution < 1.29 is 89.4 Å². The van der Waals surface area contributed by atoms with E-state index in [9.17, 15) is 61.0 Å². The number of rotatable bonds is 77. The molecule has 1 amide bonds. The monoisotopic (exact) mass is 1650 g/mol. The number of aliphatic hydroxyl groups excluding tert-OH is 11. The van der Waals surface area contributed by atoms with E-state index >= 15 is 0 Å². The van der Waals surface area contributed by atoms with E-state index < -0.39 is 124 Å². The third-order valence-electron chi connectivity index (χ3n) is 23.0. The van der Waals surface area contributed by atoms with Crippen molar-refractivity contribution >= 4 is 5.91 Å². The first-order valence-electron chi connectivity index (χ1n) is 47.6. The van der Waals surface area contributed by atoms with Crippen molar-refractivity contribution in [2.75, 3.05) is 26.4 Å². The Bertz CT molecular complexity index is 2540. The van der Waals surface area contributed by atoms with E-state index in [-0.39, 0.29) is 18.9 Å². The first-order valence-corrected chi connectivity index (χ1v) is 47.6. The normalized spacial score (nSPS) is 24.9. The summed E-state index contributed by atoms with van der Waals surface area (Å²) < 4.78 is 34.5. The lowest BCUT2D eigenvalue weighted by atomic mass is 9.96. The maximum atomic E-state index is 13.5. The van der Waals surface area contributed by atoms with Crippen LogP contribution < -0.4 is 5.32 Å². The van der Waals surface area contributed by atoms with E-state index in [2.05, 4.69) is 116 Å². The van der Waals surface area contributed by atoms with Crippen LogP contribution in [0, 0.1) is 0 Å². The van der Waals surface area contributed by atoms with Crippen molar-refractivity contribution in [2.45, 2.75) is 478 Å². The molecule has 0 spiro atoms. The highest BCUT2D eigenvalue weighted by molar-refractivity contribution is 5.76. The second kappa shape index (κ2) is 76.1. The van der Waals surface area contributed by atoms with Gasteiger partial charge in [-0.25, -0.2) is 0 Å². The number of amides is 1. The minimum Gasteiger partial charge on any atom is -0.394 e. The van der Waals surface area contributed by atoms with Crippen molar-refractivity contribution in [3.8, 4) is 0 Å². The molecule has 678 valence electrons. The fourth-order valence-electron chi connectivity index (χ4n) is 15.5. The van der Waals surface area contributed by atoms with Gasteiger partial charge in [0.2, 0.25) is 5.91 Å². The minimum atomic E-state index is -1.99. The molecule has 17 atom stereocenters. The van der Waals surface area contributed by atoms with Crippen LogP contribution in [-0.4, -0.2) is 193 Å². The zero-order valence-corrected chi connectivity index (χ0v) is 73.4. The number of nitrogens with one attached hydrogen (secondary N) is 1. The molecule has 17 unspecified atom stereocenters. The maximum absolute atomic E-state index is 13.5. The van der Waals surface area contributed by atoms with Crippen molar-refractivity contribution in [2.24, 2.45) is 0 Å². The van der Waals surface area contributed by atoms with E-state index in [1.54, 1.807) is 6.08 Å². The van der Waals surface area contributed by atoms with E-state index in [1.165, 1.54) is 257 Å². The molecule has 0 aromatic carbocycles. The summed E-state index contributed by atoms with van der Waals surface area (Å²) in [7, 11) is 0. The Morgan fingerprint density at radius 2 is 0.598 bits per heavy atom. The SMILES string of the molecule is CC/C=C\C/C=C\C/C=C\C/C=C\C/C=C\C/C=C\CCCCCCCCCCCCCCCCCCCCCCCCC(=O)NC(COC1OC(CO)C(OC2OC(CO)C(OC3OC(CO)C(O)C(O)C3O)C(O)C2O)C(O)C1O)C(O)/C=C/CC/C=C/CC/C=C/CCCCCCCCCCCCCCCCCCCCCCC. The summed E-state index contributed by atoms with van der Waals surface area (Å²) in [5.74, 6) is -0.285. The Balaban J connectivity index is 1.31. The first kappa shape index (κ1) is 108. The fraction of sp³-hybridized carbons (Fsp3) is 0.806. The number of ether oxygens (including phenoxy) is 6. The molecule has 19 nitrogen and oxygen atoms in total. The van der Waals surface area contributed by atoms with E-state index in [4.69, 9.17) is 28.4 Å². The molecule has 12 N–H and O–H groups in total. The molecule has 3 rings (SSSR count). The van der Waals surface area contributed by atoms with Crippen LogP contribution in [0.15, 0.2) is 109 Å². The largest absolute Gasteiger partial charge is 0.394 e. The molecule has 3 aliphatic rings. The molecule has 0 saturated carbocycles. The van der Waals surface area contributed by atoms with Crippen LogP contribution in [0.2, 0.25) is 0 Å². The number of allylic oxidation sites excluding steroid dienone is 17. The standard InChI is InChI=1S/C98H173NO18/c1-3-5-7-9-11-13-15-17-19-21-23-25-27-29-31-33-35-36-37-38-39-40-41-42-43-44-46-48-50-52-54-56-58-60-62-64-66-68-70-72-74-76-86(104)99-81(82(103)75-73-71-69-67-65-63-61-59-57-55-53-51-49-47-45-34-32-30-28-26-24-22-20-18-16-14-12-10-8-6-4-2)80-112-96-92(110)89(107)94(84(78-101)114-96)117-98-93(111)90(108)95(85(79-102)115-98)116-97-91(109)88(106)87(105)83(77-100)113-97/h5,7,11,13,17,19,23,25,29,31,35-36,57,59,65,67,73,75,81-85,87-98,100-103,105-111H,3-4,6,8-10,12,14-16,18,20-22,24,26-28,30,32-34,37-56,58,60-64,66,68-72,74,76-80H2,1-2H3,(H,99,104)/b7-5-,13-11-,19-17-,25-23-,31-29-,36-35-,59-57+,67-65+,75-73+. The molecule has 0 bridgehead atoms. The van der Waals surface area contributed by atoms with E-state index in [0.717, 1.165) is 83.5 Å².